The molecule has 2 aliphatic rings. The number of hydrogen-bond donors (Lipinski definition) is 0. The molecule has 162 valence electrons. The number of benzene rings is 1. The smallest absolute Gasteiger partial charge is 0.227 e. The van der Waals surface area contributed by atoms with Crippen molar-refractivity contribution in [3.63, 3.8) is 0 Å². The summed E-state index contributed by atoms with van der Waals surface area (Å²) in [7, 11) is -3.30. The Morgan fingerprint density at radius 1 is 1.10 bits per heavy atom. The molecule has 31 heavy (non-hydrogen) atoms. The number of likely N-dealkylation sites (tertiary alicyclic amines) is 1. The summed E-state index contributed by atoms with van der Waals surface area (Å²) in [5.74, 6) is 1.79. The van der Waals surface area contributed by atoms with Gasteiger partial charge in [-0.2, -0.15) is 5.26 Å². The van der Waals surface area contributed by atoms with Crippen molar-refractivity contribution in [3.8, 4) is 6.07 Å². The molecule has 1 aromatic carbocycles. The lowest BCUT2D eigenvalue weighted by atomic mass is 10.0. The molecule has 0 bridgehead atoms. The zero-order valence-electron chi connectivity index (χ0n) is 17.7. The van der Waals surface area contributed by atoms with Crippen molar-refractivity contribution >= 4 is 21.6 Å². The van der Waals surface area contributed by atoms with E-state index in [1.807, 2.05) is 11.0 Å². The number of nitriles is 1. The van der Waals surface area contributed by atoms with Gasteiger partial charge in [-0.1, -0.05) is 12.1 Å². The van der Waals surface area contributed by atoms with Crippen LogP contribution in [0.25, 0.3) is 0 Å². The first-order valence-corrected chi connectivity index (χ1v) is 12.0. The molecule has 4 rings (SSSR count). The van der Waals surface area contributed by atoms with E-state index in [0.29, 0.717) is 22.3 Å². The predicted octanol–water partition coefficient (Wildman–Crippen LogP) is 2.27. The molecule has 0 spiro atoms. The maximum atomic E-state index is 12.8. The number of nitrogens with zero attached hydrogens (tertiary/aromatic N) is 4. The largest absolute Gasteiger partial charge is 0.356 e. The zero-order chi connectivity index (χ0) is 22.2. The predicted molar refractivity (Wildman–Crippen MR) is 117 cm³/mol. The highest BCUT2D eigenvalue weighted by Gasteiger charge is 2.41. The summed E-state index contributed by atoms with van der Waals surface area (Å²) in [6, 6.07) is 12.4. The normalized spacial score (nSPS) is 20.7. The topological polar surface area (TPSA) is 94.4 Å². The zero-order valence-corrected chi connectivity index (χ0v) is 18.5. The van der Waals surface area contributed by atoms with Gasteiger partial charge in [0, 0.05) is 44.2 Å². The number of hydrogen-bond acceptors (Lipinski definition) is 6. The van der Waals surface area contributed by atoms with Crippen LogP contribution in [0.3, 0.4) is 0 Å². The molecule has 0 aliphatic carbocycles. The number of carbonyl (C=O) groups is 1. The molecule has 8 heteroatoms. The van der Waals surface area contributed by atoms with Crippen LogP contribution < -0.4 is 4.90 Å². The van der Waals surface area contributed by atoms with Crippen LogP contribution in [-0.2, 0) is 21.1 Å². The van der Waals surface area contributed by atoms with Crippen molar-refractivity contribution < 1.29 is 13.2 Å². The minimum absolute atomic E-state index is 0.0805. The highest BCUT2D eigenvalue weighted by atomic mass is 32.2. The van der Waals surface area contributed by atoms with Crippen molar-refractivity contribution in [2.24, 2.45) is 11.8 Å². The number of sulfone groups is 1. The number of aromatic nitrogens is 1. The fourth-order valence-corrected chi connectivity index (χ4v) is 5.44. The molecule has 2 aliphatic heterocycles. The van der Waals surface area contributed by atoms with Crippen molar-refractivity contribution in [1.82, 2.24) is 9.88 Å². The molecule has 2 atom stereocenters. The Morgan fingerprint density at radius 3 is 2.26 bits per heavy atom. The summed E-state index contributed by atoms with van der Waals surface area (Å²) < 4.78 is 24.5. The number of fused-ring (bicyclic) bond motifs is 1. The second kappa shape index (κ2) is 8.31. The Hall–Kier alpha value is -2.92. The van der Waals surface area contributed by atoms with Crippen LogP contribution in [0.1, 0.15) is 25.0 Å². The average Bonchev–Trinajstić information content (AvgIpc) is 3.33. The summed E-state index contributed by atoms with van der Waals surface area (Å²) >= 11 is 0. The van der Waals surface area contributed by atoms with Gasteiger partial charge in [0.15, 0.2) is 9.84 Å². The fraction of sp³-hybridized carbons (Fsp3) is 0.435. The van der Waals surface area contributed by atoms with E-state index in [9.17, 15) is 13.2 Å². The highest BCUT2D eigenvalue weighted by molar-refractivity contribution is 7.92. The number of rotatable bonds is 5. The molecular formula is C23H26N4O3S. The van der Waals surface area contributed by atoms with Gasteiger partial charge < -0.3 is 9.80 Å². The molecule has 7 nitrogen and oxygen atoms in total. The molecule has 2 aromatic rings. The van der Waals surface area contributed by atoms with Crippen LogP contribution in [0.2, 0.25) is 0 Å². The number of carbonyl (C=O) groups excluding carboxylic acids is 1. The second-order valence-corrected chi connectivity index (χ2v) is 11.2. The Balaban J connectivity index is 1.33. The van der Waals surface area contributed by atoms with Gasteiger partial charge in [0.1, 0.15) is 11.9 Å². The first-order chi connectivity index (χ1) is 14.8. The molecule has 2 saturated heterocycles. The third-order valence-corrected chi connectivity index (χ3v) is 8.44. The van der Waals surface area contributed by atoms with Crippen molar-refractivity contribution in [1.29, 1.82) is 5.26 Å². The van der Waals surface area contributed by atoms with Crippen molar-refractivity contribution in [3.05, 3.63) is 53.7 Å². The van der Waals surface area contributed by atoms with E-state index in [2.05, 4.69) is 16.0 Å². The maximum absolute atomic E-state index is 12.8. The highest BCUT2D eigenvalue weighted by Crippen LogP contribution is 2.33. The van der Waals surface area contributed by atoms with Crippen LogP contribution in [0.5, 0.6) is 0 Å². The van der Waals surface area contributed by atoms with Crippen LogP contribution in [0.15, 0.2) is 47.5 Å². The molecule has 2 fully saturated rings. The number of pyridine rings is 1. The van der Waals surface area contributed by atoms with Crippen LogP contribution in [-0.4, -0.2) is 55.6 Å². The van der Waals surface area contributed by atoms with E-state index < -0.39 is 15.1 Å². The quantitative estimate of drug-likeness (QED) is 0.711. The Kier molecular flexibility index (Phi) is 5.71. The number of amides is 1. The van der Waals surface area contributed by atoms with Crippen LogP contribution in [0, 0.1) is 23.2 Å². The van der Waals surface area contributed by atoms with Gasteiger partial charge >= 0.3 is 0 Å². The lowest BCUT2D eigenvalue weighted by molar-refractivity contribution is -0.129. The molecule has 1 aromatic heterocycles. The van der Waals surface area contributed by atoms with Crippen LogP contribution >= 0.6 is 0 Å². The van der Waals surface area contributed by atoms with E-state index in [1.165, 1.54) is 0 Å². The van der Waals surface area contributed by atoms with Gasteiger partial charge in [0.05, 0.1) is 22.1 Å². The Bertz CT molecular complexity index is 1090. The van der Waals surface area contributed by atoms with Gasteiger partial charge in [-0.15, -0.1) is 0 Å². The van der Waals surface area contributed by atoms with Crippen molar-refractivity contribution in [2.75, 3.05) is 31.1 Å². The van der Waals surface area contributed by atoms with E-state index in [4.69, 9.17) is 5.26 Å². The summed E-state index contributed by atoms with van der Waals surface area (Å²) in [6.45, 7) is 6.50. The van der Waals surface area contributed by atoms with Crippen molar-refractivity contribution in [2.45, 2.75) is 30.4 Å². The summed E-state index contributed by atoms with van der Waals surface area (Å²) in [4.78, 5) is 21.6. The van der Waals surface area contributed by atoms with Gasteiger partial charge in [-0.25, -0.2) is 13.4 Å². The monoisotopic (exact) mass is 438 g/mol. The molecule has 0 radical (unpaired) electrons. The minimum atomic E-state index is -3.30. The maximum Gasteiger partial charge on any atom is 0.227 e. The molecular weight excluding hydrogens is 412 g/mol. The lowest BCUT2D eigenvalue weighted by Gasteiger charge is -2.22. The Labute approximate surface area is 183 Å². The second-order valence-electron chi connectivity index (χ2n) is 8.66. The average molecular weight is 439 g/mol. The summed E-state index contributed by atoms with van der Waals surface area (Å²) in [5.41, 5.74) is 1.38. The first kappa shape index (κ1) is 21.3. The Morgan fingerprint density at radius 2 is 1.74 bits per heavy atom. The van der Waals surface area contributed by atoms with Gasteiger partial charge in [-0.3, -0.25) is 4.79 Å². The van der Waals surface area contributed by atoms with E-state index in [0.717, 1.165) is 37.6 Å². The summed E-state index contributed by atoms with van der Waals surface area (Å²) in [5, 5.41) is 8.45. The molecule has 3 heterocycles. The van der Waals surface area contributed by atoms with Gasteiger partial charge in [0.2, 0.25) is 5.91 Å². The lowest BCUT2D eigenvalue weighted by Crippen LogP contribution is -2.34. The molecule has 0 N–H and O–H groups in total. The van der Waals surface area contributed by atoms with Crippen LogP contribution in [0.4, 0.5) is 5.82 Å². The third kappa shape index (κ3) is 4.28. The molecule has 2 unspecified atom stereocenters. The third-order valence-electron chi connectivity index (χ3n) is 6.27. The molecule has 1 amide bonds. The fourth-order valence-electron chi connectivity index (χ4n) is 4.38. The SMILES string of the molecule is CC(C)S(=O)(=O)c1ccc(CC(=O)N2CC3CN(c4ccc(C#N)cn4)CC3C2)cc1. The minimum Gasteiger partial charge on any atom is -0.356 e. The standard InChI is InChI=1S/C23H26N4O3S/c1-16(2)31(29,30)21-6-3-17(4-7-21)9-23(28)27-14-19-12-26(13-20(19)15-27)22-8-5-18(10-24)11-25-22/h3-8,11,16,19-20H,9,12-15H2,1-2H3. The van der Waals surface area contributed by atoms with Gasteiger partial charge in [0.25, 0.3) is 0 Å². The van der Waals surface area contributed by atoms with E-state index >= 15 is 0 Å². The molecule has 0 saturated carbocycles. The van der Waals surface area contributed by atoms with E-state index in [-0.39, 0.29) is 12.3 Å². The summed E-state index contributed by atoms with van der Waals surface area (Å²) in [6.07, 6.45) is 1.87. The number of anilines is 1. The first-order valence-electron chi connectivity index (χ1n) is 10.5. The van der Waals surface area contributed by atoms with Gasteiger partial charge in [-0.05, 0) is 43.7 Å². The van der Waals surface area contributed by atoms with E-state index in [1.54, 1.807) is 50.4 Å².